The van der Waals surface area contributed by atoms with Crippen LogP contribution in [0.1, 0.15) is 22.4 Å². The molecule has 0 amide bonds. The summed E-state index contributed by atoms with van der Waals surface area (Å²) in [5.41, 5.74) is 4.40. The van der Waals surface area contributed by atoms with E-state index in [0.29, 0.717) is 24.5 Å². The second kappa shape index (κ2) is 7.74. The molecular formula is C22H23FN4. The third-order valence-electron chi connectivity index (χ3n) is 4.93. The standard InChI is InChI=1S/C22H23FN4/c1-16-14-21(27-13-11-17-6-2-3-8-19(17)15-27)26-22(25-16)24-12-10-18-7-4-5-9-20(18)23/h2-9,14H,10-13,15H2,1H3,(H,24,25,26). The molecule has 4 rings (SSSR count). The number of hydrogen-bond donors (Lipinski definition) is 1. The molecular weight excluding hydrogens is 339 g/mol. The number of nitrogens with zero attached hydrogens (tertiary/aromatic N) is 3. The smallest absolute Gasteiger partial charge is 0.224 e. The third-order valence-corrected chi connectivity index (χ3v) is 4.93. The average molecular weight is 362 g/mol. The summed E-state index contributed by atoms with van der Waals surface area (Å²) in [4.78, 5) is 11.5. The molecule has 0 saturated carbocycles. The fourth-order valence-corrected chi connectivity index (χ4v) is 3.49. The van der Waals surface area contributed by atoms with Gasteiger partial charge in [-0.15, -0.1) is 0 Å². The van der Waals surface area contributed by atoms with Gasteiger partial charge in [-0.05, 0) is 42.5 Å². The number of aryl methyl sites for hydroxylation is 1. The Kier molecular flexibility index (Phi) is 5.01. The van der Waals surface area contributed by atoms with Gasteiger partial charge in [0, 0.05) is 31.4 Å². The molecule has 4 nitrogen and oxygen atoms in total. The van der Waals surface area contributed by atoms with Crippen LogP contribution in [0, 0.1) is 12.7 Å². The SMILES string of the molecule is Cc1cc(N2CCc3ccccc3C2)nc(NCCc2ccccc2F)n1. The lowest BCUT2D eigenvalue weighted by molar-refractivity contribution is 0.610. The Morgan fingerprint density at radius 1 is 1.04 bits per heavy atom. The predicted octanol–water partition coefficient (Wildman–Crippen LogP) is 4.14. The maximum absolute atomic E-state index is 13.7. The number of benzene rings is 2. The van der Waals surface area contributed by atoms with Crippen LogP contribution in [0.5, 0.6) is 0 Å². The minimum atomic E-state index is -0.169. The first-order valence-electron chi connectivity index (χ1n) is 9.34. The summed E-state index contributed by atoms with van der Waals surface area (Å²) < 4.78 is 13.7. The van der Waals surface area contributed by atoms with Crippen LogP contribution in [0.3, 0.4) is 0 Å². The summed E-state index contributed by atoms with van der Waals surface area (Å²) in [5.74, 6) is 1.36. The first-order chi connectivity index (χ1) is 13.2. The van der Waals surface area contributed by atoms with Crippen LogP contribution in [-0.4, -0.2) is 23.1 Å². The van der Waals surface area contributed by atoms with E-state index >= 15 is 0 Å². The molecule has 0 aliphatic carbocycles. The summed E-state index contributed by atoms with van der Waals surface area (Å²) in [5, 5.41) is 3.24. The van der Waals surface area contributed by atoms with Crippen LogP contribution in [0.4, 0.5) is 16.2 Å². The fourth-order valence-electron chi connectivity index (χ4n) is 3.49. The lowest BCUT2D eigenvalue weighted by Gasteiger charge is -2.30. The first-order valence-corrected chi connectivity index (χ1v) is 9.34. The Morgan fingerprint density at radius 2 is 1.81 bits per heavy atom. The summed E-state index contributed by atoms with van der Waals surface area (Å²) in [7, 11) is 0. The first kappa shape index (κ1) is 17.5. The zero-order valence-corrected chi connectivity index (χ0v) is 15.5. The van der Waals surface area contributed by atoms with Gasteiger partial charge in [0.15, 0.2) is 0 Å². The summed E-state index contributed by atoms with van der Waals surface area (Å²) in [6, 6.07) is 17.5. The van der Waals surface area contributed by atoms with Crippen molar-refractivity contribution in [3.8, 4) is 0 Å². The molecule has 0 radical (unpaired) electrons. The van der Waals surface area contributed by atoms with Gasteiger partial charge < -0.3 is 10.2 Å². The number of nitrogens with one attached hydrogen (secondary N) is 1. The molecule has 0 saturated heterocycles. The van der Waals surface area contributed by atoms with Crippen LogP contribution < -0.4 is 10.2 Å². The van der Waals surface area contributed by atoms with Gasteiger partial charge in [0.2, 0.25) is 5.95 Å². The van der Waals surface area contributed by atoms with Gasteiger partial charge in [-0.2, -0.15) is 4.98 Å². The number of fused-ring (bicyclic) bond motifs is 1. The van der Waals surface area contributed by atoms with Gasteiger partial charge >= 0.3 is 0 Å². The van der Waals surface area contributed by atoms with Crippen LogP contribution in [0.15, 0.2) is 54.6 Å². The Bertz CT molecular complexity index is 941. The van der Waals surface area contributed by atoms with E-state index in [1.165, 1.54) is 17.2 Å². The zero-order chi connectivity index (χ0) is 18.6. The highest BCUT2D eigenvalue weighted by Gasteiger charge is 2.18. The fraction of sp³-hybridized carbons (Fsp3) is 0.273. The molecule has 1 N–H and O–H groups in total. The van der Waals surface area contributed by atoms with Crippen molar-refractivity contribution in [1.29, 1.82) is 0 Å². The van der Waals surface area contributed by atoms with E-state index in [1.807, 2.05) is 25.1 Å². The van der Waals surface area contributed by atoms with Crippen molar-refractivity contribution in [3.63, 3.8) is 0 Å². The molecule has 1 aliphatic heterocycles. The average Bonchev–Trinajstić information content (AvgIpc) is 2.69. The molecule has 1 aliphatic rings. The Balaban J connectivity index is 1.45. The van der Waals surface area contributed by atoms with Crippen LogP contribution in [0.2, 0.25) is 0 Å². The maximum Gasteiger partial charge on any atom is 0.224 e. The summed E-state index contributed by atoms with van der Waals surface area (Å²) in [6.07, 6.45) is 1.62. The highest BCUT2D eigenvalue weighted by molar-refractivity contribution is 5.48. The molecule has 1 aromatic heterocycles. The second-order valence-corrected chi connectivity index (χ2v) is 6.90. The molecule has 5 heteroatoms. The van der Waals surface area contributed by atoms with Crippen molar-refractivity contribution in [2.45, 2.75) is 26.3 Å². The molecule has 2 aromatic carbocycles. The van der Waals surface area contributed by atoms with Crippen LogP contribution in [0.25, 0.3) is 0 Å². The Labute approximate surface area is 159 Å². The molecule has 0 fully saturated rings. The molecule has 3 aromatic rings. The number of rotatable bonds is 5. The Morgan fingerprint density at radius 3 is 2.67 bits per heavy atom. The zero-order valence-electron chi connectivity index (χ0n) is 15.5. The highest BCUT2D eigenvalue weighted by atomic mass is 19.1. The quantitative estimate of drug-likeness (QED) is 0.741. The topological polar surface area (TPSA) is 41.1 Å². The van der Waals surface area contributed by atoms with E-state index < -0.39 is 0 Å². The molecule has 2 heterocycles. The van der Waals surface area contributed by atoms with Crippen LogP contribution >= 0.6 is 0 Å². The van der Waals surface area contributed by atoms with Gasteiger partial charge in [-0.3, -0.25) is 0 Å². The second-order valence-electron chi connectivity index (χ2n) is 6.90. The van der Waals surface area contributed by atoms with E-state index in [-0.39, 0.29) is 5.82 Å². The lowest BCUT2D eigenvalue weighted by atomic mass is 10.00. The summed E-state index contributed by atoms with van der Waals surface area (Å²) >= 11 is 0. The minimum Gasteiger partial charge on any atom is -0.354 e. The van der Waals surface area contributed by atoms with Crippen molar-refractivity contribution in [2.75, 3.05) is 23.3 Å². The maximum atomic E-state index is 13.7. The van der Waals surface area contributed by atoms with E-state index in [4.69, 9.17) is 4.98 Å². The van der Waals surface area contributed by atoms with Gasteiger partial charge in [0.1, 0.15) is 11.6 Å². The van der Waals surface area contributed by atoms with E-state index in [2.05, 4.69) is 39.5 Å². The van der Waals surface area contributed by atoms with Crippen molar-refractivity contribution < 1.29 is 4.39 Å². The predicted molar refractivity (Wildman–Crippen MR) is 107 cm³/mol. The molecule has 0 bridgehead atoms. The van der Waals surface area contributed by atoms with Crippen molar-refractivity contribution in [1.82, 2.24) is 9.97 Å². The van der Waals surface area contributed by atoms with Crippen molar-refractivity contribution >= 4 is 11.8 Å². The molecule has 138 valence electrons. The summed E-state index contributed by atoms with van der Waals surface area (Å²) in [6.45, 7) is 4.38. The van der Waals surface area contributed by atoms with E-state index in [0.717, 1.165) is 31.0 Å². The van der Waals surface area contributed by atoms with Gasteiger partial charge in [0.05, 0.1) is 0 Å². The number of hydrogen-bond acceptors (Lipinski definition) is 4. The normalized spacial score (nSPS) is 13.3. The number of anilines is 2. The third kappa shape index (κ3) is 4.08. The van der Waals surface area contributed by atoms with Gasteiger partial charge in [-0.25, -0.2) is 9.37 Å². The van der Waals surface area contributed by atoms with E-state index in [1.54, 1.807) is 6.07 Å². The van der Waals surface area contributed by atoms with Crippen molar-refractivity contribution in [2.24, 2.45) is 0 Å². The molecule has 0 spiro atoms. The lowest BCUT2D eigenvalue weighted by Crippen LogP contribution is -2.31. The number of halogens is 1. The Hall–Kier alpha value is -2.95. The minimum absolute atomic E-state index is 0.169. The van der Waals surface area contributed by atoms with Gasteiger partial charge in [-0.1, -0.05) is 42.5 Å². The van der Waals surface area contributed by atoms with Crippen molar-refractivity contribution in [3.05, 3.63) is 82.8 Å². The highest BCUT2D eigenvalue weighted by Crippen LogP contribution is 2.24. The van der Waals surface area contributed by atoms with E-state index in [9.17, 15) is 4.39 Å². The molecule has 0 atom stereocenters. The monoisotopic (exact) mass is 362 g/mol. The largest absolute Gasteiger partial charge is 0.354 e. The molecule has 0 unspecified atom stereocenters. The number of aromatic nitrogens is 2. The van der Waals surface area contributed by atoms with Gasteiger partial charge in [0.25, 0.3) is 0 Å². The van der Waals surface area contributed by atoms with Crippen LogP contribution in [-0.2, 0) is 19.4 Å². The molecule has 27 heavy (non-hydrogen) atoms.